The zero-order chi connectivity index (χ0) is 11.8. The molecule has 0 aliphatic rings. The molecule has 2 heterocycles. The number of hydrogen-bond donors (Lipinski definition) is 1. The van der Waals surface area contributed by atoms with Crippen molar-refractivity contribution in [2.24, 2.45) is 0 Å². The lowest BCUT2D eigenvalue weighted by molar-refractivity contribution is 0.420. The van der Waals surface area contributed by atoms with Crippen LogP contribution in [-0.4, -0.2) is 13.6 Å². The molecule has 0 aromatic carbocycles. The minimum Gasteiger partial charge on any atom is -0.362 e. The monoisotopic (exact) mass is 342 g/mol. The maximum atomic E-state index is 11.8. The molecule has 86 valence electrons. The normalized spacial score (nSPS) is 11.6. The zero-order valence-corrected chi connectivity index (χ0v) is 11.5. The SMILES string of the molecule is O=S(=O)(Nc1cnoc1)c1cc(Cl)c(Br)s1. The highest BCUT2D eigenvalue weighted by atomic mass is 79.9. The number of aromatic nitrogens is 1. The Bertz CT molecular complexity index is 574. The molecule has 0 aliphatic carbocycles. The lowest BCUT2D eigenvalue weighted by Gasteiger charge is -2.01. The van der Waals surface area contributed by atoms with E-state index in [9.17, 15) is 8.42 Å². The number of thiophene rings is 1. The highest BCUT2D eigenvalue weighted by Gasteiger charge is 2.19. The van der Waals surface area contributed by atoms with Gasteiger partial charge in [0.25, 0.3) is 10.0 Å². The molecule has 0 unspecified atom stereocenters. The summed E-state index contributed by atoms with van der Waals surface area (Å²) in [5.41, 5.74) is 0.264. The fraction of sp³-hybridized carbons (Fsp3) is 0. The average Bonchev–Trinajstić information content (AvgIpc) is 2.78. The molecule has 0 bridgehead atoms. The Morgan fingerprint density at radius 2 is 2.31 bits per heavy atom. The molecule has 9 heteroatoms. The summed E-state index contributed by atoms with van der Waals surface area (Å²) in [5.74, 6) is 0. The predicted molar refractivity (Wildman–Crippen MR) is 64.3 cm³/mol. The molecule has 0 saturated heterocycles. The largest absolute Gasteiger partial charge is 0.362 e. The number of rotatable bonds is 3. The average molecular weight is 344 g/mol. The molecule has 2 rings (SSSR count). The highest BCUT2D eigenvalue weighted by molar-refractivity contribution is 9.11. The lowest BCUT2D eigenvalue weighted by atomic mass is 10.6. The van der Waals surface area contributed by atoms with E-state index in [1.807, 2.05) is 0 Å². The van der Waals surface area contributed by atoms with E-state index in [0.29, 0.717) is 8.81 Å². The van der Waals surface area contributed by atoms with Crippen LogP contribution in [0.2, 0.25) is 5.02 Å². The summed E-state index contributed by atoms with van der Waals surface area (Å²) in [4.78, 5) is 0. The van der Waals surface area contributed by atoms with E-state index in [-0.39, 0.29) is 9.90 Å². The summed E-state index contributed by atoms with van der Waals surface area (Å²) >= 11 is 9.93. The Balaban J connectivity index is 2.32. The van der Waals surface area contributed by atoms with Gasteiger partial charge < -0.3 is 4.52 Å². The van der Waals surface area contributed by atoms with Crippen molar-refractivity contribution in [3.63, 3.8) is 0 Å². The Morgan fingerprint density at radius 3 is 2.81 bits per heavy atom. The van der Waals surface area contributed by atoms with Crippen LogP contribution in [0.3, 0.4) is 0 Å². The molecule has 0 amide bonds. The number of hydrogen-bond acceptors (Lipinski definition) is 5. The number of anilines is 1. The van der Waals surface area contributed by atoms with Crippen LogP contribution >= 0.6 is 38.9 Å². The van der Waals surface area contributed by atoms with Gasteiger partial charge in [-0.15, -0.1) is 11.3 Å². The summed E-state index contributed by atoms with van der Waals surface area (Å²) in [7, 11) is -3.63. The Labute approximate surface area is 109 Å². The summed E-state index contributed by atoms with van der Waals surface area (Å²) in [6, 6.07) is 1.37. The summed E-state index contributed by atoms with van der Waals surface area (Å²) in [6.45, 7) is 0. The van der Waals surface area contributed by atoms with Crippen molar-refractivity contribution in [2.75, 3.05) is 4.72 Å². The van der Waals surface area contributed by atoms with Crippen molar-refractivity contribution in [1.82, 2.24) is 5.16 Å². The molecule has 1 N–H and O–H groups in total. The first kappa shape index (κ1) is 11.9. The van der Waals surface area contributed by atoms with Crippen molar-refractivity contribution in [3.8, 4) is 0 Å². The number of nitrogens with zero attached hydrogens (tertiary/aromatic N) is 1. The molecule has 0 fully saturated rings. The quantitative estimate of drug-likeness (QED) is 0.930. The van der Waals surface area contributed by atoms with Gasteiger partial charge in [0.2, 0.25) is 0 Å². The van der Waals surface area contributed by atoms with Crippen molar-refractivity contribution < 1.29 is 12.9 Å². The third-order valence-corrected chi connectivity index (χ3v) is 5.90. The molecule has 16 heavy (non-hydrogen) atoms. The minimum atomic E-state index is -3.63. The number of sulfonamides is 1. The maximum absolute atomic E-state index is 11.8. The van der Waals surface area contributed by atoms with Crippen LogP contribution in [0.5, 0.6) is 0 Å². The summed E-state index contributed by atoms with van der Waals surface area (Å²) in [5, 5.41) is 3.75. The van der Waals surface area contributed by atoms with Gasteiger partial charge in [0.15, 0.2) is 0 Å². The van der Waals surface area contributed by atoms with Crippen LogP contribution < -0.4 is 4.72 Å². The van der Waals surface area contributed by atoms with Gasteiger partial charge in [-0.1, -0.05) is 16.8 Å². The molecule has 0 radical (unpaired) electrons. The Morgan fingerprint density at radius 1 is 1.56 bits per heavy atom. The Kier molecular flexibility index (Phi) is 3.24. The highest BCUT2D eigenvalue weighted by Crippen LogP contribution is 2.35. The molecule has 0 atom stereocenters. The van der Waals surface area contributed by atoms with E-state index < -0.39 is 10.0 Å². The second kappa shape index (κ2) is 4.36. The third-order valence-electron chi connectivity index (χ3n) is 1.57. The molecule has 5 nitrogen and oxygen atoms in total. The van der Waals surface area contributed by atoms with Gasteiger partial charge in [-0.3, -0.25) is 4.72 Å². The minimum absolute atomic E-state index is 0.116. The van der Waals surface area contributed by atoms with Gasteiger partial charge in [0, 0.05) is 0 Å². The smallest absolute Gasteiger partial charge is 0.271 e. The van der Waals surface area contributed by atoms with Crippen LogP contribution in [-0.2, 0) is 10.0 Å². The van der Waals surface area contributed by atoms with Crippen molar-refractivity contribution in [2.45, 2.75) is 4.21 Å². The van der Waals surface area contributed by atoms with Crippen molar-refractivity contribution in [3.05, 3.63) is 27.3 Å². The van der Waals surface area contributed by atoms with E-state index in [2.05, 4.69) is 30.3 Å². The molecule has 0 saturated carbocycles. The standard InChI is InChI=1S/C7H4BrClN2O3S2/c8-7-5(9)1-6(15-7)16(12,13)11-4-2-10-14-3-4/h1-3,11H. The van der Waals surface area contributed by atoms with Crippen LogP contribution in [0.15, 0.2) is 31.0 Å². The second-order valence-electron chi connectivity index (χ2n) is 2.71. The fourth-order valence-corrected chi connectivity index (χ4v) is 4.34. The predicted octanol–water partition coefficient (Wildman–Crippen LogP) is 2.95. The van der Waals surface area contributed by atoms with Crippen LogP contribution in [0.25, 0.3) is 0 Å². The second-order valence-corrected chi connectivity index (χ2v) is 7.39. The molecule has 0 aliphatic heterocycles. The molecule has 2 aromatic heterocycles. The molecule has 2 aromatic rings. The van der Waals surface area contributed by atoms with Crippen molar-refractivity contribution >= 4 is 54.6 Å². The van der Waals surface area contributed by atoms with Gasteiger partial charge in [0.05, 0.1) is 15.0 Å². The summed E-state index contributed by atoms with van der Waals surface area (Å²) in [6.07, 6.45) is 2.46. The summed E-state index contributed by atoms with van der Waals surface area (Å²) < 4.78 is 31.1. The number of nitrogens with one attached hydrogen (secondary N) is 1. The fourth-order valence-electron chi connectivity index (χ4n) is 0.920. The third kappa shape index (κ3) is 2.40. The van der Waals surface area contributed by atoms with E-state index >= 15 is 0 Å². The first-order valence-corrected chi connectivity index (χ1v) is 7.33. The Hall–Kier alpha value is -0.570. The molecular formula is C7H4BrClN2O3S2. The van der Waals surface area contributed by atoms with E-state index in [0.717, 1.165) is 11.3 Å². The van der Waals surface area contributed by atoms with Crippen molar-refractivity contribution in [1.29, 1.82) is 0 Å². The zero-order valence-electron chi connectivity index (χ0n) is 7.48. The van der Waals surface area contributed by atoms with Gasteiger partial charge in [-0.05, 0) is 22.0 Å². The van der Waals surface area contributed by atoms with E-state index in [4.69, 9.17) is 11.6 Å². The maximum Gasteiger partial charge on any atom is 0.271 e. The van der Waals surface area contributed by atoms with E-state index in [1.165, 1.54) is 18.5 Å². The lowest BCUT2D eigenvalue weighted by Crippen LogP contribution is -2.10. The van der Waals surface area contributed by atoms with Crippen LogP contribution in [0, 0.1) is 0 Å². The first-order valence-electron chi connectivity index (χ1n) is 3.86. The van der Waals surface area contributed by atoms with Crippen LogP contribution in [0.1, 0.15) is 0 Å². The first-order chi connectivity index (χ1) is 7.49. The van der Waals surface area contributed by atoms with Gasteiger partial charge in [0.1, 0.15) is 16.2 Å². The van der Waals surface area contributed by atoms with Gasteiger partial charge in [-0.25, -0.2) is 8.42 Å². The molecular weight excluding hydrogens is 340 g/mol. The van der Waals surface area contributed by atoms with Gasteiger partial charge >= 0.3 is 0 Å². The number of halogens is 2. The van der Waals surface area contributed by atoms with Gasteiger partial charge in [-0.2, -0.15) is 0 Å². The van der Waals surface area contributed by atoms with Crippen LogP contribution in [0.4, 0.5) is 5.69 Å². The van der Waals surface area contributed by atoms with E-state index in [1.54, 1.807) is 0 Å². The topological polar surface area (TPSA) is 72.2 Å². The molecule has 0 spiro atoms.